The number of hydrogen-bond acceptors (Lipinski definition) is 5. The molecule has 0 aliphatic heterocycles. The number of fused-ring (bicyclic) bond motifs is 2. The van der Waals surface area contributed by atoms with Gasteiger partial charge in [-0.15, -0.1) is 10.2 Å². The van der Waals surface area contributed by atoms with E-state index in [1.54, 1.807) is 0 Å². The Hall–Kier alpha value is -3.46. The molecule has 0 atom stereocenters. The van der Waals surface area contributed by atoms with Gasteiger partial charge in [0.05, 0.1) is 11.3 Å². The summed E-state index contributed by atoms with van der Waals surface area (Å²) in [4.78, 5) is 0. The van der Waals surface area contributed by atoms with Crippen molar-refractivity contribution in [3.8, 4) is 17.2 Å². The molecule has 0 aliphatic rings. The number of benzene rings is 2. The third-order valence-corrected chi connectivity index (χ3v) is 4.15. The van der Waals surface area contributed by atoms with Crippen molar-refractivity contribution in [2.45, 2.75) is 13.3 Å². The van der Waals surface area contributed by atoms with Crippen molar-refractivity contribution < 1.29 is 0 Å². The SMILES string of the molecule is CCc1nn2c(N)c(C#N)nnc2c1-c1cccc2ccccc12. The summed E-state index contributed by atoms with van der Waals surface area (Å²) in [5.74, 6) is 0.212. The molecular formula is C18H14N6. The summed E-state index contributed by atoms with van der Waals surface area (Å²) in [6, 6.07) is 16.3. The number of nitrogens with zero attached hydrogens (tertiary/aromatic N) is 5. The summed E-state index contributed by atoms with van der Waals surface area (Å²) in [5.41, 5.74) is 9.51. The maximum absolute atomic E-state index is 9.10. The fraction of sp³-hybridized carbons (Fsp3) is 0.111. The van der Waals surface area contributed by atoms with Gasteiger partial charge in [0.1, 0.15) is 6.07 Å². The Bertz CT molecular complexity index is 1110. The van der Waals surface area contributed by atoms with E-state index in [2.05, 4.69) is 39.6 Å². The van der Waals surface area contributed by atoms with Gasteiger partial charge in [-0.25, -0.2) is 0 Å². The number of nitrogen functional groups attached to an aromatic ring is 1. The van der Waals surface area contributed by atoms with E-state index >= 15 is 0 Å². The minimum Gasteiger partial charge on any atom is -0.381 e. The number of aryl methyl sites for hydroxylation is 1. The maximum Gasteiger partial charge on any atom is 0.205 e. The Morgan fingerprint density at radius 2 is 1.92 bits per heavy atom. The van der Waals surface area contributed by atoms with Crippen LogP contribution in [0.4, 0.5) is 5.82 Å². The Morgan fingerprint density at radius 3 is 2.71 bits per heavy atom. The third-order valence-electron chi connectivity index (χ3n) is 4.15. The first-order valence-electron chi connectivity index (χ1n) is 7.66. The second-order valence-electron chi connectivity index (χ2n) is 5.48. The number of hydrogen-bond donors (Lipinski definition) is 1. The monoisotopic (exact) mass is 314 g/mol. The highest BCUT2D eigenvalue weighted by Crippen LogP contribution is 2.34. The summed E-state index contributed by atoms with van der Waals surface area (Å²) >= 11 is 0. The van der Waals surface area contributed by atoms with Crippen molar-refractivity contribution in [1.82, 2.24) is 19.8 Å². The van der Waals surface area contributed by atoms with E-state index in [1.807, 2.05) is 31.2 Å². The third kappa shape index (κ3) is 1.92. The van der Waals surface area contributed by atoms with E-state index < -0.39 is 0 Å². The topological polar surface area (TPSA) is 92.9 Å². The number of nitrogens with two attached hydrogens (primary N) is 1. The van der Waals surface area contributed by atoms with Crippen molar-refractivity contribution in [3.05, 3.63) is 53.9 Å². The zero-order valence-electron chi connectivity index (χ0n) is 13.1. The highest BCUT2D eigenvalue weighted by Gasteiger charge is 2.20. The van der Waals surface area contributed by atoms with Crippen molar-refractivity contribution in [1.29, 1.82) is 5.26 Å². The van der Waals surface area contributed by atoms with Crippen molar-refractivity contribution >= 4 is 22.2 Å². The molecule has 0 radical (unpaired) electrons. The lowest BCUT2D eigenvalue weighted by atomic mass is 9.97. The van der Waals surface area contributed by atoms with Crippen LogP contribution in [-0.4, -0.2) is 19.8 Å². The molecule has 2 N–H and O–H groups in total. The van der Waals surface area contributed by atoms with Crippen LogP contribution in [0.25, 0.3) is 27.5 Å². The molecule has 4 aromatic rings. The minimum absolute atomic E-state index is 0.0807. The lowest BCUT2D eigenvalue weighted by molar-refractivity contribution is 0.863. The van der Waals surface area contributed by atoms with Crippen molar-refractivity contribution in [2.75, 3.05) is 5.73 Å². The molecule has 2 heterocycles. The van der Waals surface area contributed by atoms with E-state index in [9.17, 15) is 0 Å². The highest BCUT2D eigenvalue weighted by molar-refractivity contribution is 6.00. The average Bonchev–Trinajstić information content (AvgIpc) is 3.01. The Morgan fingerprint density at radius 1 is 1.12 bits per heavy atom. The smallest absolute Gasteiger partial charge is 0.205 e. The van der Waals surface area contributed by atoms with Crippen LogP contribution in [0.2, 0.25) is 0 Å². The van der Waals surface area contributed by atoms with Crippen LogP contribution in [0.5, 0.6) is 0 Å². The zero-order valence-corrected chi connectivity index (χ0v) is 13.1. The van der Waals surface area contributed by atoms with E-state index in [0.29, 0.717) is 5.65 Å². The maximum atomic E-state index is 9.10. The van der Waals surface area contributed by atoms with Crippen LogP contribution >= 0.6 is 0 Å². The average molecular weight is 314 g/mol. The zero-order chi connectivity index (χ0) is 16.7. The van der Waals surface area contributed by atoms with Crippen LogP contribution < -0.4 is 5.73 Å². The van der Waals surface area contributed by atoms with Gasteiger partial charge < -0.3 is 5.73 Å². The lowest BCUT2D eigenvalue weighted by Crippen LogP contribution is -2.06. The number of nitriles is 1. The molecule has 0 unspecified atom stereocenters. The fourth-order valence-electron chi connectivity index (χ4n) is 3.01. The second kappa shape index (κ2) is 5.32. The molecule has 116 valence electrons. The predicted molar refractivity (Wildman–Crippen MR) is 92.2 cm³/mol. The Balaban J connectivity index is 2.13. The molecule has 0 amide bonds. The van der Waals surface area contributed by atoms with Crippen LogP contribution in [0.15, 0.2) is 42.5 Å². The molecular weight excluding hydrogens is 300 g/mol. The number of rotatable bonds is 2. The number of aromatic nitrogens is 4. The quantitative estimate of drug-likeness (QED) is 0.614. The van der Waals surface area contributed by atoms with Gasteiger partial charge in [-0.2, -0.15) is 14.9 Å². The highest BCUT2D eigenvalue weighted by atomic mass is 15.3. The molecule has 0 saturated heterocycles. The molecule has 0 spiro atoms. The summed E-state index contributed by atoms with van der Waals surface area (Å²) in [6.07, 6.45) is 0.725. The first-order valence-corrected chi connectivity index (χ1v) is 7.66. The molecule has 0 aliphatic carbocycles. The summed E-state index contributed by atoms with van der Waals surface area (Å²) in [7, 11) is 0. The van der Waals surface area contributed by atoms with Gasteiger partial charge in [-0.3, -0.25) is 0 Å². The van der Waals surface area contributed by atoms with E-state index in [0.717, 1.165) is 34.0 Å². The van der Waals surface area contributed by atoms with Crippen LogP contribution in [0.1, 0.15) is 18.3 Å². The van der Waals surface area contributed by atoms with Crippen LogP contribution in [-0.2, 0) is 6.42 Å². The summed E-state index contributed by atoms with van der Waals surface area (Å²) in [6.45, 7) is 2.03. The molecule has 0 fully saturated rings. The summed E-state index contributed by atoms with van der Waals surface area (Å²) < 4.78 is 1.52. The van der Waals surface area contributed by atoms with Crippen molar-refractivity contribution in [2.24, 2.45) is 0 Å². The van der Waals surface area contributed by atoms with E-state index in [1.165, 1.54) is 4.52 Å². The largest absolute Gasteiger partial charge is 0.381 e. The fourth-order valence-corrected chi connectivity index (χ4v) is 3.01. The van der Waals surface area contributed by atoms with Gasteiger partial charge in [-0.1, -0.05) is 49.4 Å². The van der Waals surface area contributed by atoms with E-state index in [-0.39, 0.29) is 11.5 Å². The van der Waals surface area contributed by atoms with Gasteiger partial charge in [0.15, 0.2) is 11.5 Å². The second-order valence-corrected chi connectivity index (χ2v) is 5.48. The van der Waals surface area contributed by atoms with Gasteiger partial charge in [-0.05, 0) is 22.8 Å². The molecule has 24 heavy (non-hydrogen) atoms. The van der Waals surface area contributed by atoms with Crippen molar-refractivity contribution in [3.63, 3.8) is 0 Å². The van der Waals surface area contributed by atoms with Gasteiger partial charge in [0.2, 0.25) is 5.69 Å². The number of anilines is 1. The normalized spacial score (nSPS) is 11.0. The van der Waals surface area contributed by atoms with E-state index in [4.69, 9.17) is 11.0 Å². The molecule has 6 nitrogen and oxygen atoms in total. The van der Waals surface area contributed by atoms with Crippen LogP contribution in [0.3, 0.4) is 0 Å². The standard InChI is InChI=1S/C18H14N6/c1-2-14-16(13-9-5-7-11-6-3-4-8-12(11)13)18-22-21-15(10-19)17(20)24(18)23-14/h3-9H,2,20H2,1H3. The molecule has 4 rings (SSSR count). The molecule has 2 aromatic carbocycles. The molecule has 0 bridgehead atoms. The first-order chi connectivity index (χ1) is 11.7. The van der Waals surface area contributed by atoms with Gasteiger partial charge in [0, 0.05) is 0 Å². The minimum atomic E-state index is 0.0807. The first kappa shape index (κ1) is 14.2. The predicted octanol–water partition coefficient (Wildman–Crippen LogP) is 2.96. The molecule has 2 aromatic heterocycles. The van der Waals surface area contributed by atoms with Crippen LogP contribution in [0, 0.1) is 11.3 Å². The Labute approximate surface area is 138 Å². The lowest BCUT2D eigenvalue weighted by Gasteiger charge is -2.06. The Kier molecular flexibility index (Phi) is 3.14. The molecule has 0 saturated carbocycles. The van der Waals surface area contributed by atoms with Gasteiger partial charge >= 0.3 is 0 Å². The summed E-state index contributed by atoms with van der Waals surface area (Å²) in [5, 5.41) is 24.1. The van der Waals surface area contributed by atoms with Gasteiger partial charge in [0.25, 0.3) is 0 Å². The molecule has 6 heteroatoms.